The van der Waals surface area contributed by atoms with Crippen LogP contribution in [0.4, 0.5) is 5.69 Å². The van der Waals surface area contributed by atoms with Crippen LogP contribution in [0.5, 0.6) is 0 Å². The molecular formula is C20H32N4. The van der Waals surface area contributed by atoms with Gasteiger partial charge in [0.2, 0.25) is 0 Å². The van der Waals surface area contributed by atoms with Crippen LogP contribution in [0.25, 0.3) is 0 Å². The molecule has 1 fully saturated rings. The van der Waals surface area contributed by atoms with Gasteiger partial charge in [0.05, 0.1) is 0 Å². The van der Waals surface area contributed by atoms with E-state index in [1.807, 2.05) is 0 Å². The van der Waals surface area contributed by atoms with Gasteiger partial charge in [-0.1, -0.05) is 26.0 Å². The van der Waals surface area contributed by atoms with Crippen LogP contribution in [0.2, 0.25) is 0 Å². The van der Waals surface area contributed by atoms with Gasteiger partial charge in [-0.15, -0.1) is 0 Å². The number of nitrogens with two attached hydrogens (primary N) is 1. The number of aryl methyl sites for hydroxylation is 1. The highest BCUT2D eigenvalue weighted by atomic mass is 15.2. The van der Waals surface area contributed by atoms with Gasteiger partial charge in [-0.05, 0) is 67.7 Å². The smallest absolute Gasteiger partial charge is 0.193 e. The third kappa shape index (κ3) is 4.50. The Morgan fingerprint density at radius 2 is 2.17 bits per heavy atom. The molecule has 1 aliphatic heterocycles. The molecule has 1 unspecified atom stereocenters. The number of nitrogens with one attached hydrogen (secondary N) is 1. The van der Waals surface area contributed by atoms with Crippen molar-refractivity contribution in [3.05, 3.63) is 29.3 Å². The Hall–Kier alpha value is -1.55. The highest BCUT2D eigenvalue weighted by molar-refractivity contribution is 5.93. The average Bonchev–Trinajstić information content (AvgIpc) is 3.00. The highest BCUT2D eigenvalue weighted by Crippen LogP contribution is 2.27. The minimum Gasteiger partial charge on any atom is -0.370 e. The summed E-state index contributed by atoms with van der Waals surface area (Å²) in [5.74, 6) is 1.95. The molecule has 1 heterocycles. The molecule has 1 atom stereocenters. The molecule has 0 saturated carbocycles. The molecule has 0 amide bonds. The second kappa shape index (κ2) is 8.02. The van der Waals surface area contributed by atoms with Crippen LogP contribution in [-0.2, 0) is 12.8 Å². The number of likely N-dealkylation sites (tertiary alicyclic amines) is 1. The predicted molar refractivity (Wildman–Crippen MR) is 103 cm³/mol. The van der Waals surface area contributed by atoms with Crippen molar-refractivity contribution in [2.45, 2.75) is 46.0 Å². The van der Waals surface area contributed by atoms with Crippen LogP contribution in [0.15, 0.2) is 23.2 Å². The summed E-state index contributed by atoms with van der Waals surface area (Å²) >= 11 is 0. The van der Waals surface area contributed by atoms with E-state index in [0.717, 1.165) is 31.1 Å². The SMILES string of the molecule is CC(C)CN1CCC(CN=C(N)Nc2cccc3c2CCCC3)C1. The number of nitrogens with zero attached hydrogens (tertiary/aromatic N) is 2. The van der Waals surface area contributed by atoms with Crippen molar-refractivity contribution >= 4 is 11.6 Å². The summed E-state index contributed by atoms with van der Waals surface area (Å²) in [5.41, 5.74) is 10.2. The lowest BCUT2D eigenvalue weighted by Crippen LogP contribution is -2.27. The Labute approximate surface area is 146 Å². The Balaban J connectivity index is 1.54. The number of benzene rings is 1. The molecule has 1 saturated heterocycles. The van der Waals surface area contributed by atoms with Crippen LogP contribution in [0, 0.1) is 11.8 Å². The van der Waals surface area contributed by atoms with Crippen LogP contribution >= 0.6 is 0 Å². The first-order valence-electron chi connectivity index (χ1n) is 9.52. The summed E-state index contributed by atoms with van der Waals surface area (Å²) in [6.07, 6.45) is 6.16. The van der Waals surface area contributed by atoms with E-state index >= 15 is 0 Å². The summed E-state index contributed by atoms with van der Waals surface area (Å²) in [7, 11) is 0. The minimum absolute atomic E-state index is 0.566. The molecule has 1 aromatic rings. The third-order valence-electron chi connectivity index (χ3n) is 5.17. The monoisotopic (exact) mass is 328 g/mol. The van der Waals surface area contributed by atoms with Gasteiger partial charge in [0.25, 0.3) is 0 Å². The first kappa shape index (κ1) is 17.3. The van der Waals surface area contributed by atoms with Crippen molar-refractivity contribution in [2.24, 2.45) is 22.6 Å². The fourth-order valence-electron chi connectivity index (χ4n) is 4.05. The molecule has 3 rings (SSSR count). The molecule has 132 valence electrons. The number of fused-ring (bicyclic) bond motifs is 1. The first-order valence-corrected chi connectivity index (χ1v) is 9.52. The second-order valence-corrected chi connectivity index (χ2v) is 7.81. The van der Waals surface area contributed by atoms with Crippen molar-refractivity contribution < 1.29 is 0 Å². The van der Waals surface area contributed by atoms with Gasteiger partial charge in [0.1, 0.15) is 0 Å². The maximum Gasteiger partial charge on any atom is 0.193 e. The number of hydrogen-bond donors (Lipinski definition) is 2. The molecular weight excluding hydrogens is 296 g/mol. The Morgan fingerprint density at radius 1 is 1.33 bits per heavy atom. The largest absolute Gasteiger partial charge is 0.370 e. The van der Waals surface area contributed by atoms with Crippen molar-refractivity contribution in [1.29, 1.82) is 0 Å². The normalized spacial score (nSPS) is 22.0. The summed E-state index contributed by atoms with van der Waals surface area (Å²) < 4.78 is 0. The van der Waals surface area contributed by atoms with Crippen LogP contribution < -0.4 is 11.1 Å². The van der Waals surface area contributed by atoms with Gasteiger partial charge >= 0.3 is 0 Å². The number of hydrogen-bond acceptors (Lipinski definition) is 2. The zero-order valence-corrected chi connectivity index (χ0v) is 15.2. The van der Waals surface area contributed by atoms with Crippen molar-refractivity contribution in [3.8, 4) is 0 Å². The lowest BCUT2D eigenvalue weighted by atomic mass is 9.90. The predicted octanol–water partition coefficient (Wildman–Crippen LogP) is 3.27. The van der Waals surface area contributed by atoms with Crippen molar-refractivity contribution in [3.63, 3.8) is 0 Å². The standard InChI is InChI=1S/C20H32N4/c1-15(2)13-24-11-10-16(14-24)12-22-20(21)23-19-9-5-7-17-6-3-4-8-18(17)19/h5,7,9,15-16H,3-4,6,8,10-14H2,1-2H3,(H3,21,22,23). The Kier molecular flexibility index (Phi) is 5.77. The second-order valence-electron chi connectivity index (χ2n) is 7.81. The molecule has 0 aromatic heterocycles. The zero-order chi connectivity index (χ0) is 16.9. The number of rotatable bonds is 5. The molecule has 1 aliphatic carbocycles. The van der Waals surface area contributed by atoms with Gasteiger partial charge in [-0.3, -0.25) is 4.99 Å². The molecule has 4 nitrogen and oxygen atoms in total. The quantitative estimate of drug-likeness (QED) is 0.644. The maximum atomic E-state index is 6.16. The molecule has 24 heavy (non-hydrogen) atoms. The minimum atomic E-state index is 0.566. The summed E-state index contributed by atoms with van der Waals surface area (Å²) in [5, 5.41) is 3.35. The van der Waals surface area contributed by atoms with Crippen LogP contribution in [0.1, 0.15) is 44.2 Å². The molecule has 2 aliphatic rings. The van der Waals surface area contributed by atoms with E-state index in [0.29, 0.717) is 11.9 Å². The topological polar surface area (TPSA) is 53.6 Å². The fraction of sp³-hybridized carbons (Fsp3) is 0.650. The van der Waals surface area contributed by atoms with E-state index < -0.39 is 0 Å². The summed E-state index contributed by atoms with van der Waals surface area (Å²) in [6.45, 7) is 8.97. The first-order chi connectivity index (χ1) is 11.6. The van der Waals surface area contributed by atoms with Gasteiger partial charge < -0.3 is 16.0 Å². The Morgan fingerprint density at radius 3 is 3.00 bits per heavy atom. The zero-order valence-electron chi connectivity index (χ0n) is 15.2. The van der Waals surface area contributed by atoms with Gasteiger partial charge in [-0.25, -0.2) is 0 Å². The van der Waals surface area contributed by atoms with E-state index in [9.17, 15) is 0 Å². The molecule has 3 N–H and O–H groups in total. The number of anilines is 1. The highest BCUT2D eigenvalue weighted by Gasteiger charge is 2.22. The average molecular weight is 329 g/mol. The van der Waals surface area contributed by atoms with E-state index in [-0.39, 0.29) is 0 Å². The van der Waals surface area contributed by atoms with E-state index in [4.69, 9.17) is 5.73 Å². The maximum absolute atomic E-state index is 6.16. The van der Waals surface area contributed by atoms with E-state index in [1.54, 1.807) is 0 Å². The van der Waals surface area contributed by atoms with Crippen LogP contribution in [-0.4, -0.2) is 37.0 Å². The lowest BCUT2D eigenvalue weighted by Gasteiger charge is -2.20. The summed E-state index contributed by atoms with van der Waals surface area (Å²) in [6, 6.07) is 6.50. The fourth-order valence-corrected chi connectivity index (χ4v) is 4.05. The number of guanidine groups is 1. The van der Waals surface area contributed by atoms with Crippen molar-refractivity contribution in [1.82, 2.24) is 4.90 Å². The van der Waals surface area contributed by atoms with Gasteiger partial charge in [0, 0.05) is 25.3 Å². The molecule has 4 heteroatoms. The number of aliphatic imine (C=N–C) groups is 1. The molecule has 0 radical (unpaired) electrons. The molecule has 0 spiro atoms. The van der Waals surface area contributed by atoms with Crippen LogP contribution in [0.3, 0.4) is 0 Å². The molecule has 1 aromatic carbocycles. The lowest BCUT2D eigenvalue weighted by molar-refractivity contribution is 0.288. The van der Waals surface area contributed by atoms with Gasteiger partial charge in [0.15, 0.2) is 5.96 Å². The summed E-state index contributed by atoms with van der Waals surface area (Å²) in [4.78, 5) is 7.18. The Bertz CT molecular complexity index is 579. The van der Waals surface area contributed by atoms with Crippen molar-refractivity contribution in [2.75, 3.05) is 31.5 Å². The van der Waals surface area contributed by atoms with E-state index in [1.165, 1.54) is 49.9 Å². The van der Waals surface area contributed by atoms with E-state index in [2.05, 4.69) is 47.3 Å². The molecule has 0 bridgehead atoms. The third-order valence-corrected chi connectivity index (χ3v) is 5.17. The van der Waals surface area contributed by atoms with Gasteiger partial charge in [-0.2, -0.15) is 0 Å².